The molecule has 0 bridgehead atoms. The van der Waals surface area contributed by atoms with Crippen molar-refractivity contribution < 1.29 is 0 Å². The first-order chi connectivity index (χ1) is 9.22. The second kappa shape index (κ2) is 5.06. The average molecular weight is 378 g/mol. The van der Waals surface area contributed by atoms with Crippen molar-refractivity contribution in [3.8, 4) is 0 Å². The van der Waals surface area contributed by atoms with Gasteiger partial charge in [-0.1, -0.05) is 0 Å². The van der Waals surface area contributed by atoms with Gasteiger partial charge in [0.05, 0.1) is 0 Å². The van der Waals surface area contributed by atoms with Crippen molar-refractivity contribution in [1.82, 2.24) is 18.7 Å². The zero-order valence-electron chi connectivity index (χ0n) is 12.1. The predicted octanol–water partition coefficient (Wildman–Crippen LogP) is 4.07. The molecule has 3 aliphatic heterocycles. The molecular weight excluding hydrogens is 358 g/mol. The zero-order valence-corrected chi connectivity index (χ0v) is 16.3. The van der Waals surface area contributed by atoms with Gasteiger partial charge in [0.15, 0.2) is 0 Å². The number of hydrogen-bond donors (Lipinski definition) is 0. The summed E-state index contributed by atoms with van der Waals surface area (Å²) in [6, 6.07) is 0. The Morgan fingerprint density at radius 3 is 1.40 bits per heavy atom. The van der Waals surface area contributed by atoms with E-state index < -0.39 is 20.9 Å². The highest BCUT2D eigenvalue weighted by Crippen LogP contribution is 2.85. The first kappa shape index (κ1) is 16.0. The van der Waals surface area contributed by atoms with Crippen molar-refractivity contribution in [3.05, 3.63) is 0 Å². The molecule has 0 radical (unpaired) electrons. The summed E-state index contributed by atoms with van der Waals surface area (Å²) in [5.74, 6) is -2.68. The van der Waals surface area contributed by atoms with E-state index in [1.807, 2.05) is 0 Å². The van der Waals surface area contributed by atoms with Crippen LogP contribution in [0.1, 0.15) is 0 Å². The molecule has 0 aliphatic carbocycles. The highest BCUT2D eigenvalue weighted by molar-refractivity contribution is 8.13. The van der Waals surface area contributed by atoms with Gasteiger partial charge in [-0.05, 0) is 50.7 Å². The Labute approximate surface area is 130 Å². The summed E-state index contributed by atoms with van der Waals surface area (Å²) in [7, 11) is 3.94. The third-order valence-electron chi connectivity index (χ3n) is 4.02. The average Bonchev–Trinajstić information content (AvgIpc) is 2.74. The predicted molar refractivity (Wildman–Crippen MR) is 90.3 cm³/mol. The number of rotatable bonds is 0. The molecule has 0 amide bonds. The van der Waals surface area contributed by atoms with Crippen molar-refractivity contribution in [1.29, 1.82) is 0 Å². The lowest BCUT2D eigenvalue weighted by atomic mass is 10.6. The normalized spacial score (nSPS) is 33.3. The summed E-state index contributed by atoms with van der Waals surface area (Å²) in [5, 5.41) is 0. The van der Waals surface area contributed by atoms with E-state index in [9.17, 15) is 0 Å². The Morgan fingerprint density at radius 2 is 1.00 bits per heavy atom. The maximum absolute atomic E-state index is 6.50. The molecule has 2 spiro atoms. The van der Waals surface area contributed by atoms with Crippen LogP contribution in [0.5, 0.6) is 0 Å². The Hall–Kier alpha value is 1.11. The van der Waals surface area contributed by atoms with E-state index in [0.717, 1.165) is 26.2 Å². The smallest absolute Gasteiger partial charge is 0.241 e. The van der Waals surface area contributed by atoms with E-state index in [-0.39, 0.29) is 0 Å². The van der Waals surface area contributed by atoms with Crippen molar-refractivity contribution in [2.24, 2.45) is 13.5 Å². The molecule has 12 heteroatoms. The molecule has 2 fully saturated rings. The minimum absolute atomic E-state index is 0.943. The third-order valence-corrected chi connectivity index (χ3v) is 16.5. The van der Waals surface area contributed by atoms with Crippen LogP contribution in [0.15, 0.2) is 13.5 Å². The minimum Gasteiger partial charge on any atom is -0.241 e. The third kappa shape index (κ3) is 2.22. The Kier molecular flexibility index (Phi) is 4.04. The van der Waals surface area contributed by atoms with E-state index in [1.165, 1.54) is 0 Å². The van der Waals surface area contributed by atoms with Crippen LogP contribution >= 0.6 is 43.4 Å². The lowest BCUT2D eigenvalue weighted by Gasteiger charge is -2.38. The van der Waals surface area contributed by atoms with Gasteiger partial charge in [-0.3, -0.25) is 0 Å². The van der Waals surface area contributed by atoms with Crippen LogP contribution in [0.3, 0.4) is 0 Å². The zero-order chi connectivity index (χ0) is 14.8. The highest BCUT2D eigenvalue weighted by Gasteiger charge is 2.48. The number of nitrogens with zero attached hydrogens (tertiary/aromatic N) is 7. The summed E-state index contributed by atoms with van der Waals surface area (Å²) in [4.78, 5) is 0. The topological polar surface area (TPSA) is 50.0 Å². The molecule has 3 rings (SSSR count). The molecule has 0 aromatic carbocycles. The number of likely N-dealkylation sites (N-methyl/N-ethyl adjacent to an activating group) is 4. The molecular formula is C8H20Cl2N7P3. The maximum atomic E-state index is 6.50. The molecule has 2 saturated heterocycles. The Morgan fingerprint density at radius 1 is 0.650 bits per heavy atom. The second-order valence-corrected chi connectivity index (χ2v) is 16.6. The fraction of sp³-hybridized carbons (Fsp3) is 1.00. The minimum atomic E-state index is -2.68. The van der Waals surface area contributed by atoms with Crippen molar-refractivity contribution >= 4 is 43.4 Å². The van der Waals surface area contributed by atoms with Crippen molar-refractivity contribution in [2.75, 3.05) is 54.4 Å². The van der Waals surface area contributed by atoms with Crippen LogP contribution in [0, 0.1) is 0 Å². The molecule has 0 aromatic rings. The molecule has 0 atom stereocenters. The van der Waals surface area contributed by atoms with Gasteiger partial charge in [-0.2, -0.15) is 13.5 Å². The lowest BCUT2D eigenvalue weighted by molar-refractivity contribution is 0.553. The molecule has 0 aromatic heterocycles. The number of hydrogen-bond acceptors (Lipinski definition) is 7. The van der Waals surface area contributed by atoms with Crippen molar-refractivity contribution in [3.63, 3.8) is 0 Å². The van der Waals surface area contributed by atoms with E-state index in [2.05, 4.69) is 46.9 Å². The fourth-order valence-electron chi connectivity index (χ4n) is 2.69. The molecule has 7 nitrogen and oxygen atoms in total. The SMILES string of the molecule is CN1CCN(C)P12=NP(Cl)(Cl)=NP1(=N2)N(C)CCN1C. The van der Waals surface area contributed by atoms with Gasteiger partial charge in [-0.15, -0.1) is 0 Å². The molecule has 3 aliphatic rings. The van der Waals surface area contributed by atoms with Crippen LogP contribution in [0.4, 0.5) is 0 Å². The van der Waals surface area contributed by atoms with Crippen LogP contribution in [-0.2, 0) is 0 Å². The summed E-state index contributed by atoms with van der Waals surface area (Å²) >= 11 is 13.0. The fourth-order valence-corrected chi connectivity index (χ4v) is 17.8. The lowest BCUT2D eigenvalue weighted by Crippen LogP contribution is -2.17. The summed E-state index contributed by atoms with van der Waals surface area (Å²) in [6.07, 6.45) is 0. The van der Waals surface area contributed by atoms with Gasteiger partial charge in [0.2, 0.25) is 15.0 Å². The summed E-state index contributed by atoms with van der Waals surface area (Å²) < 4.78 is 23.6. The largest absolute Gasteiger partial charge is 0.257 e. The quantitative estimate of drug-likeness (QED) is 0.597. The van der Waals surface area contributed by atoms with Gasteiger partial charge >= 0.3 is 0 Å². The molecule has 20 heavy (non-hydrogen) atoms. The maximum Gasteiger partial charge on any atom is 0.257 e. The van der Waals surface area contributed by atoms with Crippen LogP contribution < -0.4 is 0 Å². The van der Waals surface area contributed by atoms with Gasteiger partial charge in [0, 0.05) is 26.2 Å². The van der Waals surface area contributed by atoms with E-state index >= 15 is 0 Å². The van der Waals surface area contributed by atoms with E-state index in [1.54, 1.807) is 0 Å². The molecule has 116 valence electrons. The van der Waals surface area contributed by atoms with Crippen LogP contribution in [-0.4, -0.2) is 73.1 Å². The first-order valence-corrected chi connectivity index (χ1v) is 13.1. The van der Waals surface area contributed by atoms with Crippen LogP contribution in [0.25, 0.3) is 0 Å². The molecule has 0 saturated carbocycles. The van der Waals surface area contributed by atoms with Gasteiger partial charge in [0.25, 0.3) is 5.91 Å². The summed E-state index contributed by atoms with van der Waals surface area (Å²) in [6.45, 7) is 3.77. The van der Waals surface area contributed by atoms with Crippen molar-refractivity contribution in [2.45, 2.75) is 0 Å². The second-order valence-electron chi connectivity index (χ2n) is 5.32. The Balaban J connectivity index is 2.32. The van der Waals surface area contributed by atoms with E-state index in [4.69, 9.17) is 36.0 Å². The number of halogens is 2. The van der Waals surface area contributed by atoms with Gasteiger partial charge in [-0.25, -0.2) is 18.7 Å². The van der Waals surface area contributed by atoms with Gasteiger partial charge in [0.1, 0.15) is 0 Å². The first-order valence-electron chi connectivity index (χ1n) is 6.39. The van der Waals surface area contributed by atoms with Gasteiger partial charge < -0.3 is 0 Å². The molecule has 0 unspecified atom stereocenters. The monoisotopic (exact) mass is 377 g/mol. The molecule has 0 N–H and O–H groups in total. The standard InChI is InChI=1S/C8H20Cl2N7P3/c1-14-5-6-15(2)19(14)11-18(9,10)12-20(13-19)16(3)7-8-17(20)4/h5-8H2,1-4H3. The Bertz CT molecular complexity index is 547. The molecule has 3 heterocycles. The van der Waals surface area contributed by atoms with Crippen LogP contribution in [0.2, 0.25) is 0 Å². The summed E-state index contributed by atoms with van der Waals surface area (Å²) in [5.41, 5.74) is 0. The van der Waals surface area contributed by atoms with E-state index in [0.29, 0.717) is 0 Å². The highest BCUT2D eigenvalue weighted by atomic mass is 35.9.